The first kappa shape index (κ1) is 13.2. The number of anilines is 1. The normalized spacial score (nSPS) is 24.4. The Kier molecular flexibility index (Phi) is 3.82. The lowest BCUT2D eigenvalue weighted by Gasteiger charge is -2.38. The van der Waals surface area contributed by atoms with Crippen molar-refractivity contribution in [2.45, 2.75) is 32.5 Å². The first-order chi connectivity index (χ1) is 8.54. The van der Waals surface area contributed by atoms with Gasteiger partial charge in [-0.25, -0.2) is 8.78 Å². The Morgan fingerprint density at radius 1 is 1.33 bits per heavy atom. The van der Waals surface area contributed by atoms with Gasteiger partial charge in [-0.05, 0) is 19.9 Å². The minimum absolute atomic E-state index is 0.00188. The molecule has 0 radical (unpaired) electrons. The zero-order valence-corrected chi connectivity index (χ0v) is 10.6. The fraction of sp³-hybridized carbons (Fsp3) is 0.538. The van der Waals surface area contributed by atoms with Gasteiger partial charge in [0.1, 0.15) is 0 Å². The van der Waals surface area contributed by atoms with Gasteiger partial charge in [-0.1, -0.05) is 6.07 Å². The van der Waals surface area contributed by atoms with E-state index in [4.69, 9.17) is 10.5 Å². The third-order valence-electron chi connectivity index (χ3n) is 3.28. The Bertz CT molecular complexity index is 439. The second-order valence-corrected chi connectivity index (χ2v) is 4.72. The first-order valence-corrected chi connectivity index (χ1v) is 6.09. The van der Waals surface area contributed by atoms with E-state index in [1.165, 1.54) is 0 Å². The van der Waals surface area contributed by atoms with Crippen LogP contribution in [0.25, 0.3) is 0 Å². The molecule has 2 unspecified atom stereocenters. The van der Waals surface area contributed by atoms with Crippen LogP contribution in [0.3, 0.4) is 0 Å². The summed E-state index contributed by atoms with van der Waals surface area (Å²) in [6.45, 7) is 4.92. The summed E-state index contributed by atoms with van der Waals surface area (Å²) in [5.74, 6) is -1.67. The van der Waals surface area contributed by atoms with Crippen molar-refractivity contribution in [3.05, 3.63) is 29.3 Å². The van der Waals surface area contributed by atoms with E-state index in [9.17, 15) is 8.78 Å². The number of benzene rings is 1. The van der Waals surface area contributed by atoms with Gasteiger partial charge < -0.3 is 15.4 Å². The molecule has 0 aliphatic carbocycles. The highest BCUT2D eigenvalue weighted by Gasteiger charge is 2.27. The Hall–Kier alpha value is -1.20. The first-order valence-electron chi connectivity index (χ1n) is 6.09. The van der Waals surface area contributed by atoms with Crippen LogP contribution in [0.15, 0.2) is 12.1 Å². The van der Waals surface area contributed by atoms with E-state index in [1.54, 1.807) is 12.1 Å². The second kappa shape index (κ2) is 5.20. The van der Waals surface area contributed by atoms with E-state index in [0.717, 1.165) is 0 Å². The summed E-state index contributed by atoms with van der Waals surface area (Å²) >= 11 is 0. The molecule has 0 amide bonds. The van der Waals surface area contributed by atoms with Crippen LogP contribution in [0.4, 0.5) is 14.5 Å². The number of nitrogens with zero attached hydrogens (tertiary/aromatic N) is 1. The van der Waals surface area contributed by atoms with Crippen molar-refractivity contribution in [1.82, 2.24) is 0 Å². The van der Waals surface area contributed by atoms with Crippen LogP contribution in [0.1, 0.15) is 19.4 Å². The van der Waals surface area contributed by atoms with Crippen LogP contribution < -0.4 is 10.6 Å². The molecule has 0 spiro atoms. The third kappa shape index (κ3) is 2.33. The quantitative estimate of drug-likeness (QED) is 0.880. The second-order valence-electron chi connectivity index (χ2n) is 4.72. The molecule has 1 aromatic rings. The van der Waals surface area contributed by atoms with Crippen molar-refractivity contribution in [2.75, 3.05) is 18.1 Å². The van der Waals surface area contributed by atoms with Gasteiger partial charge >= 0.3 is 0 Å². The predicted molar refractivity (Wildman–Crippen MR) is 66.5 cm³/mol. The van der Waals surface area contributed by atoms with Crippen molar-refractivity contribution in [1.29, 1.82) is 0 Å². The van der Waals surface area contributed by atoms with Gasteiger partial charge in [0.2, 0.25) is 0 Å². The number of halogens is 2. The largest absolute Gasteiger partial charge is 0.375 e. The number of nitrogens with two attached hydrogens (primary N) is 1. The molecule has 18 heavy (non-hydrogen) atoms. The van der Waals surface area contributed by atoms with Crippen molar-refractivity contribution in [3.8, 4) is 0 Å². The molecule has 0 aromatic heterocycles. The summed E-state index contributed by atoms with van der Waals surface area (Å²) in [5, 5.41) is 0. The van der Waals surface area contributed by atoms with E-state index < -0.39 is 11.6 Å². The number of hydrogen-bond donors (Lipinski definition) is 1. The molecule has 1 saturated heterocycles. The summed E-state index contributed by atoms with van der Waals surface area (Å²) in [6.07, 6.45) is 0.0119. The maximum Gasteiger partial charge on any atom is 0.182 e. The lowest BCUT2D eigenvalue weighted by molar-refractivity contribution is 0.0340. The molecule has 2 N–H and O–H groups in total. The van der Waals surface area contributed by atoms with Crippen LogP contribution in [-0.2, 0) is 11.3 Å². The Labute approximate surface area is 106 Å². The van der Waals surface area contributed by atoms with Gasteiger partial charge in [0.15, 0.2) is 11.6 Å². The summed E-state index contributed by atoms with van der Waals surface area (Å²) < 4.78 is 33.2. The molecule has 0 bridgehead atoms. The Morgan fingerprint density at radius 2 is 2.06 bits per heavy atom. The lowest BCUT2D eigenvalue weighted by Crippen LogP contribution is -2.47. The molecule has 2 atom stereocenters. The smallest absolute Gasteiger partial charge is 0.182 e. The molecule has 5 heteroatoms. The van der Waals surface area contributed by atoms with Gasteiger partial charge in [0, 0.05) is 24.7 Å². The fourth-order valence-corrected chi connectivity index (χ4v) is 2.20. The van der Waals surface area contributed by atoms with Gasteiger partial charge in [0.25, 0.3) is 0 Å². The standard InChI is InChI=1S/C13H18F2N2O/c1-8-7-18-9(2)6-17(8)11-4-3-10(5-16)12(14)13(11)15/h3-4,8-9H,5-7,16H2,1-2H3. The minimum Gasteiger partial charge on any atom is -0.375 e. The van der Waals surface area contributed by atoms with Crippen molar-refractivity contribution >= 4 is 5.69 Å². The maximum absolute atomic E-state index is 14.0. The van der Waals surface area contributed by atoms with Gasteiger partial charge in [-0.3, -0.25) is 0 Å². The predicted octanol–water partition coefficient (Wildman–Crippen LogP) is 2.04. The molecule has 2 rings (SSSR count). The van der Waals surface area contributed by atoms with Gasteiger partial charge in [-0.2, -0.15) is 0 Å². The average Bonchev–Trinajstić information content (AvgIpc) is 2.36. The summed E-state index contributed by atoms with van der Waals surface area (Å²) in [6, 6.07) is 3.16. The molecule has 1 aromatic carbocycles. The highest BCUT2D eigenvalue weighted by molar-refractivity contribution is 5.51. The third-order valence-corrected chi connectivity index (χ3v) is 3.28. The van der Waals surface area contributed by atoms with Crippen LogP contribution in [-0.4, -0.2) is 25.3 Å². The zero-order chi connectivity index (χ0) is 13.3. The van der Waals surface area contributed by atoms with E-state index in [1.807, 2.05) is 18.7 Å². The average molecular weight is 256 g/mol. The van der Waals surface area contributed by atoms with Crippen molar-refractivity contribution < 1.29 is 13.5 Å². The Balaban J connectivity index is 2.35. The lowest BCUT2D eigenvalue weighted by atomic mass is 10.1. The topological polar surface area (TPSA) is 38.5 Å². The molecule has 1 aliphatic heterocycles. The number of ether oxygens (including phenoxy) is 1. The SMILES string of the molecule is CC1CN(c2ccc(CN)c(F)c2F)C(C)CO1. The highest BCUT2D eigenvalue weighted by Crippen LogP contribution is 2.27. The van der Waals surface area contributed by atoms with Crippen LogP contribution in [0.2, 0.25) is 0 Å². The fourth-order valence-electron chi connectivity index (χ4n) is 2.20. The Morgan fingerprint density at radius 3 is 2.72 bits per heavy atom. The molecule has 3 nitrogen and oxygen atoms in total. The molecule has 1 aliphatic rings. The van der Waals surface area contributed by atoms with Crippen LogP contribution in [0.5, 0.6) is 0 Å². The summed E-state index contributed by atoms with van der Waals surface area (Å²) in [5.41, 5.74) is 5.84. The highest BCUT2D eigenvalue weighted by atomic mass is 19.2. The van der Waals surface area contributed by atoms with Gasteiger partial charge in [-0.15, -0.1) is 0 Å². The summed E-state index contributed by atoms with van der Waals surface area (Å²) in [4.78, 5) is 1.84. The van der Waals surface area contributed by atoms with E-state index in [2.05, 4.69) is 0 Å². The van der Waals surface area contributed by atoms with Crippen LogP contribution >= 0.6 is 0 Å². The minimum atomic E-state index is -0.846. The van der Waals surface area contributed by atoms with Crippen LogP contribution in [0, 0.1) is 11.6 Å². The van der Waals surface area contributed by atoms with E-state index >= 15 is 0 Å². The summed E-state index contributed by atoms with van der Waals surface area (Å²) in [7, 11) is 0. The monoisotopic (exact) mass is 256 g/mol. The number of rotatable bonds is 2. The van der Waals surface area contributed by atoms with E-state index in [-0.39, 0.29) is 29.9 Å². The molecule has 100 valence electrons. The zero-order valence-electron chi connectivity index (χ0n) is 10.6. The molecular formula is C13H18F2N2O. The molecule has 0 saturated carbocycles. The molecule has 1 heterocycles. The molecule has 1 fully saturated rings. The molecular weight excluding hydrogens is 238 g/mol. The van der Waals surface area contributed by atoms with E-state index in [0.29, 0.717) is 13.2 Å². The van der Waals surface area contributed by atoms with Gasteiger partial charge in [0.05, 0.1) is 18.4 Å². The maximum atomic E-state index is 14.0. The number of morpholine rings is 1. The van der Waals surface area contributed by atoms with Crippen molar-refractivity contribution in [2.24, 2.45) is 5.73 Å². The number of hydrogen-bond acceptors (Lipinski definition) is 3. The van der Waals surface area contributed by atoms with Crippen molar-refractivity contribution in [3.63, 3.8) is 0 Å².